The van der Waals surface area contributed by atoms with Gasteiger partial charge in [-0.1, -0.05) is 0 Å². The Labute approximate surface area is 151 Å². The fraction of sp³-hybridized carbons (Fsp3) is 0.789. The number of hydrogen-bond donors (Lipinski definition) is 0. The van der Waals surface area contributed by atoms with Crippen molar-refractivity contribution in [2.45, 2.75) is 45.7 Å². The van der Waals surface area contributed by atoms with Crippen LogP contribution in [-0.2, 0) is 0 Å². The van der Waals surface area contributed by atoms with Gasteiger partial charge in [-0.25, -0.2) is 0 Å². The smallest absolute Gasteiger partial charge is 0.257 e. The Kier molecular flexibility index (Phi) is 5.79. The fourth-order valence-corrected chi connectivity index (χ4v) is 4.03. The highest BCUT2D eigenvalue weighted by Crippen LogP contribution is 2.25. The van der Waals surface area contributed by atoms with Crippen molar-refractivity contribution in [3.05, 3.63) is 18.0 Å². The van der Waals surface area contributed by atoms with Crippen molar-refractivity contribution in [2.24, 2.45) is 5.92 Å². The monoisotopic (exact) mass is 347 g/mol. The largest absolute Gasteiger partial charge is 0.339 e. The second-order valence-electron chi connectivity index (χ2n) is 8.01. The standard InChI is InChI=1S/C19H33N5O/c1-15(2)24-14-18(13-20-24)19(25)23-7-5-17(6-8-23)16(3)22-11-9-21(4)10-12-22/h13-17H,5-12H2,1-4H3/t16-/m1/s1. The third-order valence-electron chi connectivity index (χ3n) is 6.00. The molecule has 2 aliphatic rings. The number of rotatable bonds is 4. The van der Waals surface area contributed by atoms with Crippen LogP contribution >= 0.6 is 0 Å². The lowest BCUT2D eigenvalue weighted by Gasteiger charge is -2.42. The van der Waals surface area contributed by atoms with Gasteiger partial charge in [-0.2, -0.15) is 5.10 Å². The van der Waals surface area contributed by atoms with Gasteiger partial charge in [0.05, 0.1) is 11.8 Å². The van der Waals surface area contributed by atoms with Crippen molar-refractivity contribution in [3.63, 3.8) is 0 Å². The molecular formula is C19H33N5O. The van der Waals surface area contributed by atoms with E-state index in [1.165, 1.54) is 26.2 Å². The first-order valence-corrected chi connectivity index (χ1v) is 9.71. The molecule has 1 amide bonds. The van der Waals surface area contributed by atoms with Gasteiger partial charge in [0, 0.05) is 57.5 Å². The molecule has 140 valence electrons. The number of aromatic nitrogens is 2. The molecule has 3 heterocycles. The van der Waals surface area contributed by atoms with Crippen molar-refractivity contribution in [1.29, 1.82) is 0 Å². The predicted molar refractivity (Wildman–Crippen MR) is 99.8 cm³/mol. The Balaban J connectivity index is 1.51. The second-order valence-corrected chi connectivity index (χ2v) is 8.01. The zero-order chi connectivity index (χ0) is 18.0. The van der Waals surface area contributed by atoms with Crippen LogP contribution in [-0.4, -0.2) is 82.7 Å². The van der Waals surface area contributed by atoms with Gasteiger partial charge in [0.1, 0.15) is 0 Å². The number of likely N-dealkylation sites (tertiary alicyclic amines) is 1. The summed E-state index contributed by atoms with van der Waals surface area (Å²) in [5.41, 5.74) is 0.722. The molecule has 0 saturated carbocycles. The first-order chi connectivity index (χ1) is 12.0. The number of carbonyl (C=O) groups is 1. The van der Waals surface area contributed by atoms with Gasteiger partial charge in [-0.05, 0) is 46.6 Å². The second kappa shape index (κ2) is 7.87. The predicted octanol–water partition coefficient (Wildman–Crippen LogP) is 1.95. The lowest BCUT2D eigenvalue weighted by atomic mass is 9.89. The minimum Gasteiger partial charge on any atom is -0.339 e. The lowest BCUT2D eigenvalue weighted by Crippen LogP contribution is -2.52. The number of piperazine rings is 1. The van der Waals surface area contributed by atoms with Crippen LogP contribution in [0.2, 0.25) is 0 Å². The number of carbonyl (C=O) groups excluding carboxylic acids is 1. The van der Waals surface area contributed by atoms with Crippen molar-refractivity contribution in [1.82, 2.24) is 24.5 Å². The van der Waals surface area contributed by atoms with Gasteiger partial charge in [0.15, 0.2) is 0 Å². The summed E-state index contributed by atoms with van der Waals surface area (Å²) in [6.45, 7) is 12.9. The zero-order valence-corrected chi connectivity index (χ0v) is 16.2. The van der Waals surface area contributed by atoms with E-state index in [4.69, 9.17) is 0 Å². The van der Waals surface area contributed by atoms with Crippen LogP contribution in [0.4, 0.5) is 0 Å². The maximum Gasteiger partial charge on any atom is 0.257 e. The van der Waals surface area contributed by atoms with E-state index in [0.29, 0.717) is 12.0 Å². The first kappa shape index (κ1) is 18.4. The summed E-state index contributed by atoms with van der Waals surface area (Å²) in [7, 11) is 2.20. The van der Waals surface area contributed by atoms with Gasteiger partial charge < -0.3 is 9.80 Å². The highest BCUT2D eigenvalue weighted by Gasteiger charge is 2.31. The van der Waals surface area contributed by atoms with E-state index in [0.717, 1.165) is 31.5 Å². The molecule has 2 saturated heterocycles. The molecule has 0 unspecified atom stereocenters. The number of likely N-dealkylation sites (N-methyl/N-ethyl adjacent to an activating group) is 1. The molecule has 0 N–H and O–H groups in total. The molecule has 2 aliphatic heterocycles. The SMILES string of the molecule is CC(C)n1cc(C(=O)N2CCC([C@@H](C)N3CCN(C)CC3)CC2)cn1. The summed E-state index contributed by atoms with van der Waals surface area (Å²) < 4.78 is 1.86. The van der Waals surface area contributed by atoms with Crippen LogP contribution in [0.3, 0.4) is 0 Å². The van der Waals surface area contributed by atoms with Gasteiger partial charge >= 0.3 is 0 Å². The third-order valence-corrected chi connectivity index (χ3v) is 6.00. The molecule has 1 aromatic rings. The maximum atomic E-state index is 12.7. The highest BCUT2D eigenvalue weighted by atomic mass is 16.2. The van der Waals surface area contributed by atoms with E-state index in [1.54, 1.807) is 6.20 Å². The van der Waals surface area contributed by atoms with Crippen LogP contribution in [0.5, 0.6) is 0 Å². The van der Waals surface area contributed by atoms with E-state index < -0.39 is 0 Å². The molecular weight excluding hydrogens is 314 g/mol. The molecule has 6 heteroatoms. The number of hydrogen-bond acceptors (Lipinski definition) is 4. The third kappa shape index (κ3) is 4.23. The Hall–Kier alpha value is -1.40. The summed E-state index contributed by atoms with van der Waals surface area (Å²) in [6, 6.07) is 0.909. The van der Waals surface area contributed by atoms with Crippen molar-refractivity contribution in [2.75, 3.05) is 46.3 Å². The summed E-state index contributed by atoms with van der Waals surface area (Å²) >= 11 is 0. The van der Waals surface area contributed by atoms with Gasteiger partial charge in [-0.15, -0.1) is 0 Å². The molecule has 0 aliphatic carbocycles. The van der Waals surface area contributed by atoms with Crippen molar-refractivity contribution >= 4 is 5.91 Å². The lowest BCUT2D eigenvalue weighted by molar-refractivity contribution is 0.0500. The molecule has 0 radical (unpaired) electrons. The quantitative estimate of drug-likeness (QED) is 0.835. The minimum absolute atomic E-state index is 0.137. The molecule has 0 aromatic carbocycles. The molecule has 2 fully saturated rings. The summed E-state index contributed by atoms with van der Waals surface area (Å²) in [5, 5.41) is 4.30. The average molecular weight is 348 g/mol. The van der Waals surface area contributed by atoms with Crippen LogP contribution in [0.1, 0.15) is 50.0 Å². The molecule has 1 atom stereocenters. The first-order valence-electron chi connectivity index (χ1n) is 9.71. The molecule has 1 aromatic heterocycles. The van der Waals surface area contributed by atoms with E-state index in [9.17, 15) is 4.79 Å². The summed E-state index contributed by atoms with van der Waals surface area (Å²) in [5.74, 6) is 0.837. The van der Waals surface area contributed by atoms with E-state index >= 15 is 0 Å². The fourth-order valence-electron chi connectivity index (χ4n) is 4.03. The number of nitrogens with zero attached hydrogens (tertiary/aromatic N) is 5. The highest BCUT2D eigenvalue weighted by molar-refractivity contribution is 5.93. The van der Waals surface area contributed by atoms with Crippen LogP contribution in [0.25, 0.3) is 0 Å². The Morgan fingerprint density at radius 3 is 2.28 bits per heavy atom. The average Bonchev–Trinajstić information content (AvgIpc) is 3.12. The Morgan fingerprint density at radius 1 is 1.08 bits per heavy atom. The molecule has 0 spiro atoms. The molecule has 25 heavy (non-hydrogen) atoms. The summed E-state index contributed by atoms with van der Waals surface area (Å²) in [6.07, 6.45) is 5.81. The molecule has 3 rings (SSSR count). The number of amides is 1. The van der Waals surface area contributed by atoms with Crippen LogP contribution in [0.15, 0.2) is 12.4 Å². The van der Waals surface area contributed by atoms with E-state index in [-0.39, 0.29) is 11.9 Å². The topological polar surface area (TPSA) is 44.6 Å². The van der Waals surface area contributed by atoms with Gasteiger partial charge in [-0.3, -0.25) is 14.4 Å². The Bertz CT molecular complexity index is 568. The van der Waals surface area contributed by atoms with Gasteiger partial charge in [0.25, 0.3) is 5.91 Å². The van der Waals surface area contributed by atoms with Crippen molar-refractivity contribution < 1.29 is 4.79 Å². The van der Waals surface area contributed by atoms with E-state index in [1.807, 2.05) is 15.8 Å². The number of piperidine rings is 1. The maximum absolute atomic E-state index is 12.7. The van der Waals surface area contributed by atoms with Crippen molar-refractivity contribution in [3.8, 4) is 0 Å². The Morgan fingerprint density at radius 2 is 1.72 bits per heavy atom. The minimum atomic E-state index is 0.137. The molecule has 6 nitrogen and oxygen atoms in total. The normalized spacial score (nSPS) is 22.5. The van der Waals surface area contributed by atoms with Crippen LogP contribution < -0.4 is 0 Å². The summed E-state index contributed by atoms with van der Waals surface area (Å²) in [4.78, 5) is 19.8. The van der Waals surface area contributed by atoms with E-state index in [2.05, 4.69) is 42.7 Å². The van der Waals surface area contributed by atoms with Crippen LogP contribution in [0, 0.1) is 5.92 Å². The molecule has 0 bridgehead atoms. The van der Waals surface area contributed by atoms with Gasteiger partial charge in [0.2, 0.25) is 0 Å². The zero-order valence-electron chi connectivity index (χ0n) is 16.2.